The van der Waals surface area contributed by atoms with E-state index in [1.54, 1.807) is 0 Å². The van der Waals surface area contributed by atoms with Crippen LogP contribution in [0, 0.1) is 0 Å². The van der Waals surface area contributed by atoms with Crippen LogP contribution in [0.2, 0.25) is 0 Å². The topological polar surface area (TPSA) is 0 Å². The average Bonchev–Trinajstić information content (AvgIpc) is 2.81. The summed E-state index contributed by atoms with van der Waals surface area (Å²) in [6.07, 6.45) is 0. The van der Waals surface area contributed by atoms with Crippen LogP contribution < -0.4 is 0 Å². The summed E-state index contributed by atoms with van der Waals surface area (Å²) >= 11 is 9.54. The lowest BCUT2D eigenvalue weighted by Gasteiger charge is -2.29. The Balaban J connectivity index is 0.000000236. The molecule has 28 heavy (non-hydrogen) atoms. The first-order chi connectivity index (χ1) is 13.7. The number of benzene rings is 4. The van der Waals surface area contributed by atoms with Crippen LogP contribution in [0.15, 0.2) is 121 Å². The fourth-order valence-electron chi connectivity index (χ4n) is 3.07. The van der Waals surface area contributed by atoms with Gasteiger partial charge in [0.15, 0.2) is 0 Å². The molecule has 0 unspecified atom stereocenters. The van der Waals surface area contributed by atoms with Crippen LogP contribution in [-0.2, 0) is 10.2 Å². The molecule has 0 nitrogen and oxygen atoms in total. The number of hydrogen-bond acceptors (Lipinski definition) is 0. The average molecular weight is 450 g/mol. The van der Waals surface area contributed by atoms with Gasteiger partial charge in [0.05, 0.1) is 0 Å². The van der Waals surface area contributed by atoms with E-state index in [4.69, 9.17) is 11.6 Å². The van der Waals surface area contributed by atoms with Crippen LogP contribution in [0.3, 0.4) is 0 Å². The Morgan fingerprint density at radius 2 is 0.786 bits per heavy atom. The van der Waals surface area contributed by atoms with Gasteiger partial charge in [0.25, 0.3) is 0 Å². The lowest BCUT2D eigenvalue weighted by atomic mass is 9.85. The van der Waals surface area contributed by atoms with Crippen molar-refractivity contribution in [3.05, 3.63) is 144 Å². The van der Waals surface area contributed by atoms with Crippen molar-refractivity contribution in [3.63, 3.8) is 0 Å². The maximum Gasteiger partial charge on any atom is 0.100 e. The van der Waals surface area contributed by atoms with Crippen LogP contribution in [0.4, 0.5) is 0 Å². The van der Waals surface area contributed by atoms with Gasteiger partial charge in [-0.25, -0.2) is 0 Å². The summed E-state index contributed by atoms with van der Waals surface area (Å²) in [7, 11) is 0. The van der Waals surface area contributed by atoms with Crippen molar-refractivity contribution in [2.75, 3.05) is 0 Å². The molecule has 4 aromatic carbocycles. The third-order valence-corrected chi connectivity index (χ3v) is 6.19. The number of alkyl halides is 2. The van der Waals surface area contributed by atoms with Crippen LogP contribution in [0.25, 0.3) is 0 Å². The van der Waals surface area contributed by atoms with Crippen molar-refractivity contribution in [2.45, 2.75) is 10.2 Å². The van der Waals surface area contributed by atoms with Gasteiger partial charge < -0.3 is 0 Å². The van der Waals surface area contributed by atoms with Crippen molar-refractivity contribution < 1.29 is 0 Å². The molecule has 0 saturated carbocycles. The molecule has 0 saturated heterocycles. The molecule has 0 atom stereocenters. The van der Waals surface area contributed by atoms with E-state index in [1.165, 1.54) is 22.3 Å². The van der Waals surface area contributed by atoms with Crippen molar-refractivity contribution >= 4 is 27.5 Å². The molecule has 0 aromatic heterocycles. The lowest BCUT2D eigenvalue weighted by molar-refractivity contribution is 0.917. The predicted molar refractivity (Wildman–Crippen MR) is 124 cm³/mol. The van der Waals surface area contributed by atoms with Gasteiger partial charge in [-0.3, -0.25) is 0 Å². The first kappa shape index (κ1) is 20.4. The summed E-state index contributed by atoms with van der Waals surface area (Å²) in [5, 5.41) is 0. The third-order valence-electron chi connectivity index (χ3n) is 4.51. The second kappa shape index (κ2) is 10.3. The second-order valence-corrected chi connectivity index (χ2v) is 7.83. The summed E-state index contributed by atoms with van der Waals surface area (Å²) in [5.74, 6) is 0.612. The highest BCUT2D eigenvalue weighted by Gasteiger charge is 2.32. The standard InChI is InChI=1S/C19H15Br.C7H7Cl/c20-19(16-10-4-1-5-11-16,17-12-6-2-7-13-17)18-14-8-3-9-15-18;8-6-7-4-2-1-3-5-7/h1-15H;1-5H,6H2. The minimum Gasteiger partial charge on any atom is -0.122 e. The van der Waals surface area contributed by atoms with E-state index in [-0.39, 0.29) is 4.32 Å². The molecule has 4 rings (SSSR count). The first-order valence-electron chi connectivity index (χ1n) is 9.20. The summed E-state index contributed by atoms with van der Waals surface area (Å²) < 4.78 is -0.309. The smallest absolute Gasteiger partial charge is 0.100 e. The zero-order valence-electron chi connectivity index (χ0n) is 15.5. The summed E-state index contributed by atoms with van der Waals surface area (Å²) in [6, 6.07) is 41.6. The summed E-state index contributed by atoms with van der Waals surface area (Å²) in [4.78, 5) is 0. The Morgan fingerprint density at radius 3 is 1.04 bits per heavy atom. The monoisotopic (exact) mass is 448 g/mol. The molecule has 0 amide bonds. The molecule has 0 bridgehead atoms. The van der Waals surface area contributed by atoms with Crippen molar-refractivity contribution in [1.82, 2.24) is 0 Å². The highest BCUT2D eigenvalue weighted by atomic mass is 79.9. The Kier molecular flexibility index (Phi) is 7.47. The van der Waals surface area contributed by atoms with Gasteiger partial charge in [-0.1, -0.05) is 137 Å². The minimum atomic E-state index is -0.309. The van der Waals surface area contributed by atoms with E-state index in [0.717, 1.165) is 0 Å². The molecular weight excluding hydrogens is 428 g/mol. The zero-order chi connectivity index (χ0) is 19.7. The highest BCUT2D eigenvalue weighted by Crippen LogP contribution is 2.44. The quantitative estimate of drug-likeness (QED) is 0.220. The zero-order valence-corrected chi connectivity index (χ0v) is 17.9. The van der Waals surface area contributed by atoms with Gasteiger partial charge >= 0.3 is 0 Å². The van der Waals surface area contributed by atoms with Gasteiger partial charge in [0.1, 0.15) is 4.32 Å². The molecule has 0 spiro atoms. The molecule has 4 aromatic rings. The molecule has 140 valence electrons. The van der Waals surface area contributed by atoms with Crippen LogP contribution in [0.1, 0.15) is 22.3 Å². The Bertz CT molecular complexity index is 842. The number of halogens is 2. The molecule has 0 radical (unpaired) electrons. The van der Waals surface area contributed by atoms with Crippen molar-refractivity contribution in [2.24, 2.45) is 0 Å². The Morgan fingerprint density at radius 1 is 0.500 bits per heavy atom. The molecule has 0 heterocycles. The van der Waals surface area contributed by atoms with Crippen LogP contribution in [-0.4, -0.2) is 0 Å². The van der Waals surface area contributed by atoms with Crippen LogP contribution >= 0.6 is 27.5 Å². The molecule has 0 N–H and O–H groups in total. The van der Waals surface area contributed by atoms with Gasteiger partial charge in [0, 0.05) is 5.88 Å². The highest BCUT2D eigenvalue weighted by molar-refractivity contribution is 9.10. The second-order valence-electron chi connectivity index (χ2n) is 6.38. The molecular formula is C26H22BrCl. The van der Waals surface area contributed by atoms with E-state index in [9.17, 15) is 0 Å². The van der Waals surface area contributed by atoms with E-state index in [1.807, 2.05) is 48.5 Å². The van der Waals surface area contributed by atoms with E-state index < -0.39 is 0 Å². The summed E-state index contributed by atoms with van der Waals surface area (Å²) in [5.41, 5.74) is 4.88. The van der Waals surface area contributed by atoms with Gasteiger partial charge in [-0.05, 0) is 22.3 Å². The van der Waals surface area contributed by atoms with Gasteiger partial charge in [-0.2, -0.15) is 0 Å². The van der Waals surface area contributed by atoms with E-state index in [0.29, 0.717) is 5.88 Å². The maximum absolute atomic E-state index is 5.53. The molecule has 0 fully saturated rings. The SMILES string of the molecule is BrC(c1ccccc1)(c1ccccc1)c1ccccc1.ClCc1ccccc1. The summed E-state index contributed by atoms with van der Waals surface area (Å²) in [6.45, 7) is 0. The minimum absolute atomic E-state index is 0.309. The van der Waals surface area contributed by atoms with Crippen LogP contribution in [0.5, 0.6) is 0 Å². The molecule has 0 aliphatic heterocycles. The van der Waals surface area contributed by atoms with Crippen molar-refractivity contribution in [3.8, 4) is 0 Å². The first-order valence-corrected chi connectivity index (χ1v) is 10.5. The third kappa shape index (κ3) is 4.92. The van der Waals surface area contributed by atoms with Gasteiger partial charge in [0.2, 0.25) is 0 Å². The largest absolute Gasteiger partial charge is 0.122 e. The normalized spacial score (nSPS) is 10.6. The van der Waals surface area contributed by atoms with Gasteiger partial charge in [-0.15, -0.1) is 11.6 Å². The fraction of sp³-hybridized carbons (Fsp3) is 0.0769. The van der Waals surface area contributed by atoms with E-state index in [2.05, 4.69) is 88.7 Å². The van der Waals surface area contributed by atoms with E-state index >= 15 is 0 Å². The predicted octanol–water partition coefficient (Wildman–Crippen LogP) is 7.80. The Hall–Kier alpha value is -2.35. The lowest BCUT2D eigenvalue weighted by Crippen LogP contribution is -2.21. The Labute approximate surface area is 181 Å². The molecule has 0 aliphatic rings. The van der Waals surface area contributed by atoms with Crippen molar-refractivity contribution in [1.29, 1.82) is 0 Å². The molecule has 0 aliphatic carbocycles. The maximum atomic E-state index is 5.53. The fourth-order valence-corrected chi connectivity index (χ4v) is 4.04. The molecule has 2 heteroatoms. The number of rotatable bonds is 4. The number of hydrogen-bond donors (Lipinski definition) is 0.